The quantitative estimate of drug-likeness (QED) is 0.769. The standard InChI is InChI=1S/C15H22N2O3S/c1-16(12-4-7-20-15(12)18)11-13(14-3-2-10-21-14)17-5-8-19-9-6-17/h2-3,10,12-13H,4-9,11H2,1H3/t12-,13+/m0/s1. The largest absolute Gasteiger partial charge is 0.464 e. The van der Waals surface area contributed by atoms with E-state index in [1.54, 1.807) is 11.3 Å². The summed E-state index contributed by atoms with van der Waals surface area (Å²) in [7, 11) is 2.03. The molecule has 0 unspecified atom stereocenters. The molecule has 5 nitrogen and oxygen atoms in total. The van der Waals surface area contributed by atoms with Gasteiger partial charge >= 0.3 is 5.97 Å². The first-order chi connectivity index (χ1) is 10.3. The summed E-state index contributed by atoms with van der Waals surface area (Å²) in [6, 6.07) is 4.52. The molecule has 2 saturated heterocycles. The highest BCUT2D eigenvalue weighted by molar-refractivity contribution is 7.10. The number of esters is 1. The lowest BCUT2D eigenvalue weighted by Gasteiger charge is -2.37. The minimum atomic E-state index is -0.0893. The number of cyclic esters (lactones) is 1. The lowest BCUT2D eigenvalue weighted by Crippen LogP contribution is -2.45. The molecule has 21 heavy (non-hydrogen) atoms. The lowest BCUT2D eigenvalue weighted by atomic mass is 10.1. The zero-order valence-corrected chi connectivity index (χ0v) is 13.2. The third kappa shape index (κ3) is 3.45. The van der Waals surface area contributed by atoms with Crippen LogP contribution in [-0.4, -0.2) is 68.3 Å². The molecule has 2 fully saturated rings. The Bertz CT molecular complexity index is 459. The molecule has 2 atom stereocenters. The number of nitrogens with zero attached hydrogens (tertiary/aromatic N) is 2. The third-order valence-electron chi connectivity index (χ3n) is 4.26. The fraction of sp³-hybridized carbons (Fsp3) is 0.667. The monoisotopic (exact) mass is 310 g/mol. The molecule has 0 aliphatic carbocycles. The highest BCUT2D eigenvalue weighted by atomic mass is 32.1. The minimum absolute atomic E-state index is 0.0793. The third-order valence-corrected chi connectivity index (χ3v) is 5.23. The van der Waals surface area contributed by atoms with Crippen LogP contribution in [0.15, 0.2) is 17.5 Å². The van der Waals surface area contributed by atoms with Gasteiger partial charge in [0.25, 0.3) is 0 Å². The molecule has 0 N–H and O–H groups in total. The van der Waals surface area contributed by atoms with E-state index in [4.69, 9.17) is 9.47 Å². The minimum Gasteiger partial charge on any atom is -0.464 e. The first kappa shape index (κ1) is 15.0. The maximum absolute atomic E-state index is 11.8. The van der Waals surface area contributed by atoms with E-state index in [0.29, 0.717) is 12.6 Å². The van der Waals surface area contributed by atoms with E-state index in [2.05, 4.69) is 27.3 Å². The van der Waals surface area contributed by atoms with Crippen molar-refractivity contribution in [1.82, 2.24) is 9.80 Å². The van der Waals surface area contributed by atoms with E-state index in [-0.39, 0.29) is 12.0 Å². The second kappa shape index (κ2) is 6.87. The van der Waals surface area contributed by atoms with Gasteiger partial charge in [0.1, 0.15) is 6.04 Å². The molecule has 3 rings (SSSR count). The Balaban J connectivity index is 1.71. The average Bonchev–Trinajstić information content (AvgIpc) is 3.17. The SMILES string of the molecule is CN(C[C@H](c1cccs1)N1CCOCC1)[C@H]1CCOC1=O. The van der Waals surface area contributed by atoms with Crippen molar-refractivity contribution in [3.05, 3.63) is 22.4 Å². The Morgan fingerprint density at radius 2 is 2.24 bits per heavy atom. The van der Waals surface area contributed by atoms with Crippen molar-refractivity contribution in [1.29, 1.82) is 0 Å². The summed E-state index contributed by atoms with van der Waals surface area (Å²) in [5.41, 5.74) is 0. The number of carbonyl (C=O) groups is 1. The summed E-state index contributed by atoms with van der Waals surface area (Å²) in [6.45, 7) is 4.88. The van der Waals surface area contributed by atoms with Crippen LogP contribution in [0.3, 0.4) is 0 Å². The number of morpholine rings is 1. The van der Waals surface area contributed by atoms with Gasteiger partial charge in [-0.2, -0.15) is 0 Å². The van der Waals surface area contributed by atoms with E-state index in [1.807, 2.05) is 7.05 Å². The molecule has 0 saturated carbocycles. The number of ether oxygens (including phenoxy) is 2. The van der Waals surface area contributed by atoms with Gasteiger partial charge in [0.15, 0.2) is 0 Å². The molecule has 0 bridgehead atoms. The van der Waals surface area contributed by atoms with Gasteiger partial charge in [-0.25, -0.2) is 0 Å². The molecule has 116 valence electrons. The van der Waals surface area contributed by atoms with Gasteiger partial charge in [0, 0.05) is 30.9 Å². The topological polar surface area (TPSA) is 42.0 Å². The molecule has 0 amide bonds. The zero-order chi connectivity index (χ0) is 14.7. The maximum atomic E-state index is 11.8. The number of rotatable bonds is 5. The summed E-state index contributed by atoms with van der Waals surface area (Å²) < 4.78 is 10.6. The van der Waals surface area contributed by atoms with Gasteiger partial charge in [-0.3, -0.25) is 14.6 Å². The molecule has 0 aromatic carbocycles. The fourth-order valence-corrected chi connectivity index (χ4v) is 3.89. The number of thiophene rings is 1. The molecule has 6 heteroatoms. The summed E-state index contributed by atoms with van der Waals surface area (Å²) in [6.07, 6.45) is 0.801. The van der Waals surface area contributed by atoms with Crippen LogP contribution >= 0.6 is 11.3 Å². The smallest absolute Gasteiger partial charge is 0.323 e. The van der Waals surface area contributed by atoms with Gasteiger partial charge in [-0.15, -0.1) is 11.3 Å². The van der Waals surface area contributed by atoms with E-state index >= 15 is 0 Å². The highest BCUT2D eigenvalue weighted by Gasteiger charge is 2.33. The van der Waals surface area contributed by atoms with Crippen LogP contribution in [0.2, 0.25) is 0 Å². The Morgan fingerprint density at radius 3 is 2.86 bits per heavy atom. The molecule has 3 heterocycles. The molecule has 1 aromatic rings. The van der Waals surface area contributed by atoms with E-state index in [9.17, 15) is 4.79 Å². The van der Waals surface area contributed by atoms with Crippen molar-refractivity contribution in [2.24, 2.45) is 0 Å². The van der Waals surface area contributed by atoms with Crippen LogP contribution in [0, 0.1) is 0 Å². The van der Waals surface area contributed by atoms with Crippen molar-refractivity contribution >= 4 is 17.3 Å². The second-order valence-electron chi connectivity index (χ2n) is 5.59. The van der Waals surface area contributed by atoms with Crippen LogP contribution < -0.4 is 0 Å². The van der Waals surface area contributed by atoms with Crippen LogP contribution in [0.25, 0.3) is 0 Å². The Morgan fingerprint density at radius 1 is 1.43 bits per heavy atom. The van der Waals surface area contributed by atoms with Crippen molar-refractivity contribution in [2.45, 2.75) is 18.5 Å². The molecule has 0 radical (unpaired) electrons. The highest BCUT2D eigenvalue weighted by Crippen LogP contribution is 2.28. The lowest BCUT2D eigenvalue weighted by molar-refractivity contribution is -0.142. The summed E-state index contributed by atoms with van der Waals surface area (Å²) in [4.78, 5) is 17.7. The summed E-state index contributed by atoms with van der Waals surface area (Å²) in [5.74, 6) is -0.0793. The zero-order valence-electron chi connectivity index (χ0n) is 12.4. The maximum Gasteiger partial charge on any atom is 0.323 e. The van der Waals surface area contributed by atoms with Gasteiger partial charge in [-0.1, -0.05) is 6.07 Å². The van der Waals surface area contributed by atoms with Gasteiger partial charge in [0.2, 0.25) is 0 Å². The van der Waals surface area contributed by atoms with Crippen LogP contribution in [0.1, 0.15) is 17.3 Å². The van der Waals surface area contributed by atoms with E-state index in [1.165, 1.54) is 4.88 Å². The Kier molecular flexibility index (Phi) is 4.90. The normalized spacial score (nSPS) is 25.2. The molecule has 1 aromatic heterocycles. The number of likely N-dealkylation sites (N-methyl/N-ethyl adjacent to an activating group) is 1. The number of carbonyl (C=O) groups excluding carboxylic acids is 1. The van der Waals surface area contributed by atoms with Crippen LogP contribution in [0.4, 0.5) is 0 Å². The molecule has 0 spiro atoms. The fourth-order valence-electron chi connectivity index (χ4n) is 3.04. The molecular formula is C15H22N2O3S. The van der Waals surface area contributed by atoms with Crippen molar-refractivity contribution in [3.63, 3.8) is 0 Å². The van der Waals surface area contributed by atoms with Crippen LogP contribution in [0.5, 0.6) is 0 Å². The van der Waals surface area contributed by atoms with Gasteiger partial charge in [-0.05, 0) is 18.5 Å². The van der Waals surface area contributed by atoms with Crippen molar-refractivity contribution in [2.75, 3.05) is 46.5 Å². The predicted octanol–water partition coefficient (Wildman–Crippen LogP) is 1.37. The van der Waals surface area contributed by atoms with E-state index < -0.39 is 0 Å². The predicted molar refractivity (Wildman–Crippen MR) is 81.4 cm³/mol. The number of hydrogen-bond acceptors (Lipinski definition) is 6. The summed E-state index contributed by atoms with van der Waals surface area (Å²) in [5, 5.41) is 2.12. The Hall–Kier alpha value is -0.950. The molecule has 2 aliphatic heterocycles. The summed E-state index contributed by atoms with van der Waals surface area (Å²) >= 11 is 1.78. The molecular weight excluding hydrogens is 288 g/mol. The second-order valence-corrected chi connectivity index (χ2v) is 6.57. The van der Waals surface area contributed by atoms with Crippen molar-refractivity contribution < 1.29 is 14.3 Å². The first-order valence-electron chi connectivity index (χ1n) is 7.48. The van der Waals surface area contributed by atoms with E-state index in [0.717, 1.165) is 39.3 Å². The molecule has 2 aliphatic rings. The average molecular weight is 310 g/mol. The Labute approximate surface area is 129 Å². The van der Waals surface area contributed by atoms with Gasteiger partial charge in [0.05, 0.1) is 25.9 Å². The number of hydrogen-bond donors (Lipinski definition) is 0. The van der Waals surface area contributed by atoms with Crippen LogP contribution in [-0.2, 0) is 14.3 Å². The van der Waals surface area contributed by atoms with Gasteiger partial charge < -0.3 is 9.47 Å². The first-order valence-corrected chi connectivity index (χ1v) is 8.36. The van der Waals surface area contributed by atoms with Crippen molar-refractivity contribution in [3.8, 4) is 0 Å².